The third-order valence-corrected chi connectivity index (χ3v) is 4.26. The lowest BCUT2D eigenvalue weighted by Crippen LogP contribution is -2.45. The molecule has 1 heterocycles. The molecule has 26 heavy (non-hydrogen) atoms. The van der Waals surface area contributed by atoms with Gasteiger partial charge in [0.2, 0.25) is 0 Å². The van der Waals surface area contributed by atoms with E-state index in [2.05, 4.69) is 0 Å². The van der Waals surface area contributed by atoms with Crippen LogP contribution < -0.4 is 9.47 Å². The second kappa shape index (κ2) is 7.39. The highest BCUT2D eigenvalue weighted by atomic mass is 16.5. The average Bonchev–Trinajstić information content (AvgIpc) is 2.78. The second-order valence-corrected chi connectivity index (χ2v) is 5.89. The Morgan fingerprint density at radius 3 is 2.46 bits per heavy atom. The van der Waals surface area contributed by atoms with Gasteiger partial charge in [-0.25, -0.2) is 0 Å². The van der Waals surface area contributed by atoms with Gasteiger partial charge in [0.15, 0.2) is 11.9 Å². The van der Waals surface area contributed by atoms with Gasteiger partial charge in [-0.1, -0.05) is 19.1 Å². The zero-order chi connectivity index (χ0) is 18.7. The van der Waals surface area contributed by atoms with Crippen molar-refractivity contribution >= 4 is 17.6 Å². The first-order valence-corrected chi connectivity index (χ1v) is 8.33. The van der Waals surface area contributed by atoms with Crippen LogP contribution in [0.3, 0.4) is 0 Å². The third-order valence-electron chi connectivity index (χ3n) is 4.26. The van der Waals surface area contributed by atoms with Crippen molar-refractivity contribution in [3.05, 3.63) is 59.7 Å². The summed E-state index contributed by atoms with van der Waals surface area (Å²) in [4.78, 5) is 39.1. The number of amides is 2. The van der Waals surface area contributed by atoms with Crippen LogP contribution in [-0.4, -0.2) is 42.3 Å². The van der Waals surface area contributed by atoms with Gasteiger partial charge in [0, 0.05) is 5.56 Å². The Labute approximate surface area is 151 Å². The van der Waals surface area contributed by atoms with Gasteiger partial charge in [-0.3, -0.25) is 19.3 Å². The second-order valence-electron chi connectivity index (χ2n) is 5.89. The molecule has 3 rings (SSSR count). The Morgan fingerprint density at radius 2 is 1.81 bits per heavy atom. The Bertz CT molecular complexity index is 844. The summed E-state index contributed by atoms with van der Waals surface area (Å²) >= 11 is 0. The van der Waals surface area contributed by atoms with E-state index in [9.17, 15) is 14.4 Å². The molecule has 1 atom stereocenters. The first kappa shape index (κ1) is 17.7. The van der Waals surface area contributed by atoms with Gasteiger partial charge in [-0.2, -0.15) is 0 Å². The summed E-state index contributed by atoms with van der Waals surface area (Å²) in [5.41, 5.74) is 0.678. The fraction of sp³-hybridized carbons (Fsp3) is 0.250. The fourth-order valence-corrected chi connectivity index (χ4v) is 2.79. The summed E-state index contributed by atoms with van der Waals surface area (Å²) in [7, 11) is 1.54. The molecular formula is C20H19NO5. The van der Waals surface area contributed by atoms with Crippen molar-refractivity contribution in [1.82, 2.24) is 4.90 Å². The molecular weight excluding hydrogens is 334 g/mol. The number of nitrogens with zero attached hydrogens (tertiary/aromatic N) is 1. The Morgan fingerprint density at radius 1 is 1.12 bits per heavy atom. The number of carbonyl (C=O) groups excluding carboxylic acids is 3. The molecule has 0 N–H and O–H groups in total. The molecule has 1 aliphatic heterocycles. The van der Waals surface area contributed by atoms with E-state index in [1.54, 1.807) is 55.5 Å². The fourth-order valence-electron chi connectivity index (χ4n) is 2.79. The van der Waals surface area contributed by atoms with Crippen LogP contribution in [0.5, 0.6) is 11.5 Å². The number of rotatable bonds is 5. The molecule has 0 spiro atoms. The summed E-state index contributed by atoms with van der Waals surface area (Å²) in [5, 5.41) is 0. The number of imide groups is 1. The van der Waals surface area contributed by atoms with Crippen molar-refractivity contribution in [2.24, 2.45) is 0 Å². The highest BCUT2D eigenvalue weighted by Gasteiger charge is 2.36. The zero-order valence-electron chi connectivity index (χ0n) is 14.6. The predicted molar refractivity (Wildman–Crippen MR) is 94.5 cm³/mol. The molecule has 0 saturated carbocycles. The highest BCUT2D eigenvalue weighted by molar-refractivity contribution is 6.12. The van der Waals surface area contributed by atoms with Crippen LogP contribution in [0.25, 0.3) is 0 Å². The van der Waals surface area contributed by atoms with Crippen LogP contribution in [0.1, 0.15) is 34.1 Å². The van der Waals surface area contributed by atoms with Crippen LogP contribution in [0.2, 0.25) is 0 Å². The number of ketones is 1. The Kier molecular flexibility index (Phi) is 5.02. The monoisotopic (exact) mass is 353 g/mol. The van der Waals surface area contributed by atoms with Crippen LogP contribution in [-0.2, 0) is 4.79 Å². The summed E-state index contributed by atoms with van der Waals surface area (Å²) < 4.78 is 10.8. The van der Waals surface area contributed by atoms with Crippen molar-refractivity contribution in [2.75, 3.05) is 13.7 Å². The Balaban J connectivity index is 1.90. The number of hydrogen-bond donors (Lipinski definition) is 0. The molecule has 0 aliphatic carbocycles. The van der Waals surface area contributed by atoms with Crippen LogP contribution in [0.15, 0.2) is 48.5 Å². The maximum atomic E-state index is 12.8. The summed E-state index contributed by atoms with van der Waals surface area (Å²) in [6.45, 7) is 1.46. The minimum Gasteiger partial charge on any atom is -0.497 e. The molecule has 0 bridgehead atoms. The molecule has 0 aromatic heterocycles. The minimum atomic E-state index is -0.800. The van der Waals surface area contributed by atoms with Gasteiger partial charge in [-0.05, 0) is 42.8 Å². The quantitative estimate of drug-likeness (QED) is 0.610. The third kappa shape index (κ3) is 3.31. The van der Waals surface area contributed by atoms with Crippen molar-refractivity contribution < 1.29 is 23.9 Å². The smallest absolute Gasteiger partial charge is 0.270 e. The van der Waals surface area contributed by atoms with Crippen LogP contribution in [0.4, 0.5) is 0 Å². The largest absolute Gasteiger partial charge is 0.497 e. The number of para-hydroxylation sites is 1. The number of Topliss-reactive ketones (excluding diaryl/α,β-unsaturated/α-hetero) is 1. The lowest BCUT2D eigenvalue weighted by molar-refractivity contribution is -0.135. The minimum absolute atomic E-state index is 0.277. The standard InChI is InChI=1S/C20H19NO5/c1-3-17-20(24)21(19(23)15-6-4-5-7-18(15)26-17)12-16(22)13-8-10-14(25-2)11-9-13/h4-11,17H,3,12H2,1-2H3/t17-/m0/s1. The van der Waals surface area contributed by atoms with E-state index in [0.717, 1.165) is 4.90 Å². The number of methoxy groups -OCH3 is 1. The molecule has 6 nitrogen and oxygen atoms in total. The van der Waals surface area contributed by atoms with E-state index in [1.165, 1.54) is 7.11 Å². The lowest BCUT2D eigenvalue weighted by atomic mass is 10.1. The molecule has 0 unspecified atom stereocenters. The number of ether oxygens (including phenoxy) is 2. The van der Waals surface area contributed by atoms with Crippen molar-refractivity contribution in [3.63, 3.8) is 0 Å². The van der Waals surface area contributed by atoms with Gasteiger partial charge in [-0.15, -0.1) is 0 Å². The number of carbonyl (C=O) groups is 3. The van der Waals surface area contributed by atoms with Gasteiger partial charge < -0.3 is 9.47 Å². The summed E-state index contributed by atoms with van der Waals surface area (Å²) in [5.74, 6) is -0.378. The van der Waals surface area contributed by atoms with Crippen molar-refractivity contribution in [2.45, 2.75) is 19.4 Å². The molecule has 1 aliphatic rings. The SMILES string of the molecule is CC[C@@H]1Oc2ccccc2C(=O)N(CC(=O)c2ccc(OC)cc2)C1=O. The van der Waals surface area contributed by atoms with E-state index >= 15 is 0 Å². The molecule has 0 saturated heterocycles. The van der Waals surface area contributed by atoms with Gasteiger partial charge in [0.1, 0.15) is 11.5 Å². The first-order chi connectivity index (χ1) is 12.5. The van der Waals surface area contributed by atoms with E-state index in [1.807, 2.05) is 0 Å². The van der Waals surface area contributed by atoms with Gasteiger partial charge >= 0.3 is 0 Å². The van der Waals surface area contributed by atoms with E-state index < -0.39 is 17.9 Å². The molecule has 134 valence electrons. The van der Waals surface area contributed by atoms with Crippen molar-refractivity contribution in [1.29, 1.82) is 0 Å². The van der Waals surface area contributed by atoms with Crippen molar-refractivity contribution in [3.8, 4) is 11.5 Å². The van der Waals surface area contributed by atoms with Crippen LogP contribution >= 0.6 is 0 Å². The maximum absolute atomic E-state index is 12.8. The van der Waals surface area contributed by atoms with E-state index in [0.29, 0.717) is 23.5 Å². The van der Waals surface area contributed by atoms with Crippen LogP contribution in [0, 0.1) is 0 Å². The summed E-state index contributed by atoms with van der Waals surface area (Å²) in [6.07, 6.45) is -0.403. The molecule has 6 heteroatoms. The van der Waals surface area contributed by atoms with Gasteiger partial charge in [0.25, 0.3) is 11.8 Å². The average molecular weight is 353 g/mol. The number of benzene rings is 2. The predicted octanol–water partition coefficient (Wildman–Crippen LogP) is 2.72. The first-order valence-electron chi connectivity index (χ1n) is 8.33. The van der Waals surface area contributed by atoms with E-state index in [-0.39, 0.29) is 17.9 Å². The zero-order valence-corrected chi connectivity index (χ0v) is 14.6. The molecule has 0 fully saturated rings. The molecule has 2 aromatic rings. The lowest BCUT2D eigenvalue weighted by Gasteiger charge is -2.21. The highest BCUT2D eigenvalue weighted by Crippen LogP contribution is 2.26. The number of fused-ring (bicyclic) bond motifs is 1. The topological polar surface area (TPSA) is 72.9 Å². The Hall–Kier alpha value is -3.15. The molecule has 2 amide bonds. The number of hydrogen-bond acceptors (Lipinski definition) is 5. The normalized spacial score (nSPS) is 16.5. The van der Waals surface area contributed by atoms with Gasteiger partial charge in [0.05, 0.1) is 19.2 Å². The molecule has 0 radical (unpaired) electrons. The summed E-state index contributed by atoms with van der Waals surface area (Å²) in [6, 6.07) is 13.2. The van der Waals surface area contributed by atoms with E-state index in [4.69, 9.17) is 9.47 Å². The maximum Gasteiger partial charge on any atom is 0.270 e. The molecule has 2 aromatic carbocycles.